The molecular formula is C6H12N2O3S. The van der Waals surface area contributed by atoms with Gasteiger partial charge in [0.05, 0.1) is 22.8 Å². The van der Waals surface area contributed by atoms with Crippen LogP contribution >= 0.6 is 0 Å². The Kier molecular flexibility index (Phi) is 2.66. The summed E-state index contributed by atoms with van der Waals surface area (Å²) < 4.78 is 22.0. The molecule has 1 fully saturated rings. The van der Waals surface area contributed by atoms with Crippen molar-refractivity contribution in [1.29, 1.82) is 0 Å². The average molecular weight is 192 g/mol. The molecule has 0 N–H and O–H groups in total. The fourth-order valence-electron chi connectivity index (χ4n) is 1.32. The van der Waals surface area contributed by atoms with Gasteiger partial charge in [-0.2, -0.15) is 0 Å². The van der Waals surface area contributed by atoms with E-state index in [9.17, 15) is 13.3 Å². The molecular weight excluding hydrogens is 180 g/mol. The Hall–Kier alpha value is -0.650. The minimum atomic E-state index is -2.83. The Bertz CT molecular complexity index is 248. The first kappa shape index (κ1) is 9.44. The van der Waals surface area contributed by atoms with E-state index in [2.05, 4.69) is 5.29 Å². The molecule has 0 amide bonds. The minimum Gasteiger partial charge on any atom is -0.261 e. The third kappa shape index (κ3) is 2.17. The van der Waals surface area contributed by atoms with Crippen LogP contribution in [0, 0.1) is 4.91 Å². The number of rotatable bonds is 2. The van der Waals surface area contributed by atoms with Crippen molar-refractivity contribution < 1.29 is 8.42 Å². The van der Waals surface area contributed by atoms with Gasteiger partial charge in [-0.05, 0) is 12.8 Å². The molecule has 1 aliphatic heterocycles. The van der Waals surface area contributed by atoms with Crippen LogP contribution in [0.1, 0.15) is 12.8 Å². The van der Waals surface area contributed by atoms with Crippen LogP contribution in [0.5, 0.6) is 0 Å². The Morgan fingerprint density at radius 3 is 2.25 bits per heavy atom. The van der Waals surface area contributed by atoms with E-state index in [-0.39, 0.29) is 17.5 Å². The second-order valence-electron chi connectivity index (χ2n) is 3.04. The molecule has 6 heteroatoms. The monoisotopic (exact) mass is 192 g/mol. The Morgan fingerprint density at radius 1 is 1.33 bits per heavy atom. The molecule has 0 aromatic carbocycles. The predicted molar refractivity (Wildman–Crippen MR) is 45.2 cm³/mol. The van der Waals surface area contributed by atoms with Crippen LogP contribution in [-0.2, 0) is 9.84 Å². The quantitative estimate of drug-likeness (QED) is 0.462. The van der Waals surface area contributed by atoms with E-state index >= 15 is 0 Å². The highest BCUT2D eigenvalue weighted by Crippen LogP contribution is 2.16. The average Bonchev–Trinajstić information content (AvgIpc) is 2.03. The van der Waals surface area contributed by atoms with Crippen molar-refractivity contribution in [2.24, 2.45) is 5.29 Å². The molecule has 12 heavy (non-hydrogen) atoms. The van der Waals surface area contributed by atoms with Gasteiger partial charge >= 0.3 is 0 Å². The number of sulfone groups is 1. The van der Waals surface area contributed by atoms with E-state index in [1.54, 1.807) is 7.05 Å². The highest BCUT2D eigenvalue weighted by molar-refractivity contribution is 7.91. The molecule has 0 aromatic heterocycles. The molecule has 1 rings (SSSR count). The largest absolute Gasteiger partial charge is 0.261 e. The van der Waals surface area contributed by atoms with Gasteiger partial charge in [-0.25, -0.2) is 8.42 Å². The highest BCUT2D eigenvalue weighted by Gasteiger charge is 2.26. The zero-order valence-electron chi connectivity index (χ0n) is 6.93. The van der Waals surface area contributed by atoms with Crippen molar-refractivity contribution in [3.63, 3.8) is 0 Å². The topological polar surface area (TPSA) is 66.8 Å². The standard InChI is InChI=1S/C6H12N2O3S/c1-8(7-9)6-2-4-12(10,11)5-3-6/h6H,2-5H2,1H3. The maximum absolute atomic E-state index is 11.0. The van der Waals surface area contributed by atoms with Gasteiger partial charge < -0.3 is 0 Å². The van der Waals surface area contributed by atoms with Gasteiger partial charge in [-0.15, -0.1) is 4.91 Å². The molecule has 70 valence electrons. The lowest BCUT2D eigenvalue weighted by Gasteiger charge is -2.26. The van der Waals surface area contributed by atoms with Crippen molar-refractivity contribution in [3.8, 4) is 0 Å². The Balaban J connectivity index is 2.51. The second kappa shape index (κ2) is 3.38. The van der Waals surface area contributed by atoms with Crippen LogP contribution < -0.4 is 0 Å². The highest BCUT2D eigenvalue weighted by atomic mass is 32.2. The first-order chi connectivity index (χ1) is 5.55. The minimum absolute atomic E-state index is 0.00558. The van der Waals surface area contributed by atoms with Gasteiger partial charge in [0.15, 0.2) is 0 Å². The first-order valence-electron chi connectivity index (χ1n) is 3.82. The summed E-state index contributed by atoms with van der Waals surface area (Å²) in [5, 5.41) is 4.05. The van der Waals surface area contributed by atoms with Crippen LogP contribution in [0.15, 0.2) is 5.29 Å². The van der Waals surface area contributed by atoms with Crippen LogP contribution in [0.2, 0.25) is 0 Å². The molecule has 5 nitrogen and oxygen atoms in total. The van der Waals surface area contributed by atoms with E-state index in [4.69, 9.17) is 0 Å². The fraction of sp³-hybridized carbons (Fsp3) is 1.00. The first-order valence-corrected chi connectivity index (χ1v) is 5.64. The van der Waals surface area contributed by atoms with Crippen molar-refractivity contribution in [2.75, 3.05) is 18.6 Å². The normalized spacial score (nSPS) is 23.4. The van der Waals surface area contributed by atoms with Gasteiger partial charge in [0.1, 0.15) is 9.84 Å². The number of hydrogen-bond acceptors (Lipinski definition) is 4. The smallest absolute Gasteiger partial charge is 0.150 e. The van der Waals surface area contributed by atoms with Gasteiger partial charge in [0, 0.05) is 7.05 Å². The summed E-state index contributed by atoms with van der Waals surface area (Å²) in [6, 6.07) is 0.00558. The molecule has 1 heterocycles. The molecule has 0 unspecified atom stereocenters. The Labute approximate surface area is 71.6 Å². The molecule has 0 atom stereocenters. The summed E-state index contributed by atoms with van der Waals surface area (Å²) >= 11 is 0. The van der Waals surface area contributed by atoms with Crippen LogP contribution in [0.3, 0.4) is 0 Å². The lowest BCUT2D eigenvalue weighted by Crippen LogP contribution is -2.35. The molecule has 0 bridgehead atoms. The van der Waals surface area contributed by atoms with E-state index in [0.717, 1.165) is 0 Å². The zero-order valence-corrected chi connectivity index (χ0v) is 7.75. The Morgan fingerprint density at radius 2 is 1.83 bits per heavy atom. The van der Waals surface area contributed by atoms with Gasteiger partial charge in [-0.3, -0.25) is 5.01 Å². The number of nitroso groups, excluding NO2 is 1. The summed E-state index contributed by atoms with van der Waals surface area (Å²) in [7, 11) is -1.25. The van der Waals surface area contributed by atoms with Crippen molar-refractivity contribution >= 4 is 9.84 Å². The maximum atomic E-state index is 11.0. The summed E-state index contributed by atoms with van der Waals surface area (Å²) in [4.78, 5) is 10.1. The molecule has 0 aliphatic carbocycles. The molecule has 1 saturated heterocycles. The maximum Gasteiger partial charge on any atom is 0.150 e. The predicted octanol–water partition coefficient (Wildman–Crippen LogP) is 0.177. The molecule has 0 saturated carbocycles. The summed E-state index contributed by atoms with van der Waals surface area (Å²) in [6.45, 7) is 0. The van der Waals surface area contributed by atoms with Gasteiger partial charge in [0.2, 0.25) is 0 Å². The zero-order chi connectivity index (χ0) is 9.19. The third-order valence-electron chi connectivity index (χ3n) is 2.18. The SMILES string of the molecule is CN(N=O)C1CCS(=O)(=O)CC1. The van der Waals surface area contributed by atoms with Gasteiger partial charge in [-0.1, -0.05) is 0 Å². The summed E-state index contributed by atoms with van der Waals surface area (Å²) in [6.07, 6.45) is 1.04. The van der Waals surface area contributed by atoms with E-state index < -0.39 is 9.84 Å². The lowest BCUT2D eigenvalue weighted by atomic mass is 10.1. The summed E-state index contributed by atoms with van der Waals surface area (Å²) in [5.41, 5.74) is 0. The van der Waals surface area contributed by atoms with Crippen molar-refractivity contribution in [2.45, 2.75) is 18.9 Å². The third-order valence-corrected chi connectivity index (χ3v) is 3.90. The van der Waals surface area contributed by atoms with Crippen molar-refractivity contribution in [1.82, 2.24) is 5.01 Å². The second-order valence-corrected chi connectivity index (χ2v) is 5.34. The summed E-state index contributed by atoms with van der Waals surface area (Å²) in [5.74, 6) is 0.356. The number of nitrogens with zero attached hydrogens (tertiary/aromatic N) is 2. The molecule has 0 spiro atoms. The molecule has 1 aliphatic rings. The van der Waals surface area contributed by atoms with Crippen LogP contribution in [-0.4, -0.2) is 38.0 Å². The van der Waals surface area contributed by atoms with Crippen LogP contribution in [0.25, 0.3) is 0 Å². The van der Waals surface area contributed by atoms with E-state index in [1.807, 2.05) is 0 Å². The van der Waals surface area contributed by atoms with E-state index in [1.165, 1.54) is 5.01 Å². The van der Waals surface area contributed by atoms with Crippen LogP contribution in [0.4, 0.5) is 0 Å². The molecule has 0 radical (unpaired) electrons. The van der Waals surface area contributed by atoms with Crippen molar-refractivity contribution in [3.05, 3.63) is 4.91 Å². The van der Waals surface area contributed by atoms with Gasteiger partial charge in [0.25, 0.3) is 0 Å². The molecule has 0 aromatic rings. The fourth-order valence-corrected chi connectivity index (χ4v) is 2.78. The lowest BCUT2D eigenvalue weighted by molar-refractivity contribution is 0.233. The van der Waals surface area contributed by atoms with E-state index in [0.29, 0.717) is 12.8 Å². The number of hydrogen-bond donors (Lipinski definition) is 0.